The molecule has 2 aliphatic rings. The number of hydrogen-bond donors (Lipinski definition) is 2. The lowest BCUT2D eigenvalue weighted by Crippen LogP contribution is -2.46. The fourth-order valence-corrected chi connectivity index (χ4v) is 4.60. The van der Waals surface area contributed by atoms with Crippen LogP contribution in [0.3, 0.4) is 0 Å². The molecule has 8 nitrogen and oxygen atoms in total. The van der Waals surface area contributed by atoms with Crippen LogP contribution in [-0.4, -0.2) is 45.2 Å². The Morgan fingerprint density at radius 2 is 2.06 bits per heavy atom. The number of fused-ring (bicyclic) bond motifs is 1. The van der Waals surface area contributed by atoms with Crippen LogP contribution in [0.5, 0.6) is 0 Å². The van der Waals surface area contributed by atoms with E-state index in [4.69, 9.17) is 4.98 Å². The molecule has 0 spiro atoms. The Morgan fingerprint density at radius 3 is 2.94 bits per heavy atom. The van der Waals surface area contributed by atoms with Crippen molar-refractivity contribution in [1.82, 2.24) is 25.6 Å². The van der Waals surface area contributed by atoms with Gasteiger partial charge >= 0.3 is 0 Å². The molecule has 0 aliphatic carbocycles. The van der Waals surface area contributed by atoms with Crippen molar-refractivity contribution < 1.29 is 9.59 Å². The van der Waals surface area contributed by atoms with E-state index in [1.54, 1.807) is 18.3 Å². The largest absolute Gasteiger partial charge is 0.339 e. The average Bonchev–Trinajstić information content (AvgIpc) is 3.14. The zero-order valence-corrected chi connectivity index (χ0v) is 18.1. The Balaban J connectivity index is 1.24. The Hall–Kier alpha value is -3.30. The summed E-state index contributed by atoms with van der Waals surface area (Å²) in [5.41, 5.74) is 2.64. The van der Waals surface area contributed by atoms with Crippen molar-refractivity contribution in [2.24, 2.45) is 0 Å². The summed E-state index contributed by atoms with van der Waals surface area (Å²) in [4.78, 5) is 39.4. The number of anilines is 1. The van der Waals surface area contributed by atoms with Gasteiger partial charge in [-0.1, -0.05) is 24.3 Å². The van der Waals surface area contributed by atoms with E-state index in [2.05, 4.69) is 43.7 Å². The lowest BCUT2D eigenvalue weighted by molar-refractivity contribution is -0.115. The number of piperidine rings is 1. The fraction of sp³-hybridized carbons (Fsp3) is 0.261. The van der Waals surface area contributed by atoms with Gasteiger partial charge in [-0.25, -0.2) is 9.97 Å². The van der Waals surface area contributed by atoms with Crippen molar-refractivity contribution >= 4 is 45.8 Å². The highest BCUT2D eigenvalue weighted by molar-refractivity contribution is 8.18. The molecule has 2 aliphatic heterocycles. The van der Waals surface area contributed by atoms with Gasteiger partial charge in [-0.05, 0) is 48.9 Å². The van der Waals surface area contributed by atoms with Crippen LogP contribution in [0.25, 0.3) is 17.0 Å². The highest BCUT2D eigenvalue weighted by Gasteiger charge is 2.26. The van der Waals surface area contributed by atoms with Crippen molar-refractivity contribution in [3.8, 4) is 0 Å². The number of hydrogen-bond acceptors (Lipinski definition) is 8. The molecule has 0 saturated carbocycles. The molecule has 32 heavy (non-hydrogen) atoms. The van der Waals surface area contributed by atoms with Gasteiger partial charge in [-0.2, -0.15) is 0 Å². The molecule has 0 radical (unpaired) electrons. The van der Waals surface area contributed by atoms with E-state index in [9.17, 15) is 9.59 Å². The van der Waals surface area contributed by atoms with Gasteiger partial charge in [0, 0.05) is 37.3 Å². The number of para-hydroxylation sites is 1. The Kier molecular flexibility index (Phi) is 5.83. The predicted octanol–water partition coefficient (Wildman–Crippen LogP) is 3.11. The van der Waals surface area contributed by atoms with Crippen molar-refractivity contribution in [3.63, 3.8) is 0 Å². The van der Waals surface area contributed by atoms with E-state index in [1.807, 2.05) is 18.2 Å². The van der Waals surface area contributed by atoms with E-state index in [0.29, 0.717) is 29.1 Å². The number of thioether (sulfide) groups is 1. The first-order valence-electron chi connectivity index (χ1n) is 10.5. The number of imide groups is 1. The molecule has 2 fully saturated rings. The molecule has 0 bridgehead atoms. The molecule has 9 heteroatoms. The maximum atomic E-state index is 11.8. The summed E-state index contributed by atoms with van der Waals surface area (Å²) in [7, 11) is 0. The number of carbonyl (C=O) groups is 2. The summed E-state index contributed by atoms with van der Waals surface area (Å²) in [6, 6.07) is 14.3. The minimum atomic E-state index is -0.385. The third kappa shape index (κ3) is 4.63. The lowest BCUT2D eigenvalue weighted by Gasteiger charge is -2.33. The van der Waals surface area contributed by atoms with Gasteiger partial charge in [0.2, 0.25) is 5.95 Å². The van der Waals surface area contributed by atoms with Crippen LogP contribution in [0.1, 0.15) is 24.2 Å². The van der Waals surface area contributed by atoms with Gasteiger partial charge in [0.1, 0.15) is 0 Å². The highest BCUT2D eigenvalue weighted by atomic mass is 32.2. The number of pyridine rings is 1. The maximum Gasteiger partial charge on any atom is 0.290 e. The topological polar surface area (TPSA) is 100 Å². The Labute approximate surface area is 189 Å². The first-order chi connectivity index (χ1) is 15.6. The van der Waals surface area contributed by atoms with Crippen LogP contribution in [0.4, 0.5) is 10.7 Å². The molecule has 4 heterocycles. The lowest BCUT2D eigenvalue weighted by atomic mass is 10.1. The summed E-state index contributed by atoms with van der Waals surface area (Å²) in [6.45, 7) is 2.37. The van der Waals surface area contributed by atoms with Gasteiger partial charge in [0.05, 0.1) is 21.8 Å². The number of nitrogens with zero attached hydrogens (tertiary/aromatic N) is 4. The number of nitrogens with one attached hydrogen (secondary N) is 2. The quantitative estimate of drug-likeness (QED) is 0.577. The molecule has 0 unspecified atom stereocenters. The molecule has 2 aromatic heterocycles. The van der Waals surface area contributed by atoms with Crippen molar-refractivity contribution in [3.05, 3.63) is 65.0 Å². The molecule has 2 N–H and O–H groups in total. The summed E-state index contributed by atoms with van der Waals surface area (Å²) < 4.78 is 0. The number of benzene rings is 1. The van der Waals surface area contributed by atoms with E-state index < -0.39 is 0 Å². The first-order valence-corrected chi connectivity index (χ1v) is 11.4. The van der Waals surface area contributed by atoms with Gasteiger partial charge < -0.3 is 10.2 Å². The summed E-state index contributed by atoms with van der Waals surface area (Å²) in [5.74, 6) is 0.245. The molecule has 3 aromatic rings. The zero-order valence-electron chi connectivity index (χ0n) is 17.3. The van der Waals surface area contributed by atoms with Crippen molar-refractivity contribution in [2.45, 2.75) is 25.4 Å². The first kappa shape index (κ1) is 20.6. The van der Waals surface area contributed by atoms with Crippen LogP contribution in [0, 0.1) is 0 Å². The average molecular weight is 447 g/mol. The molecule has 1 atom stereocenters. The summed E-state index contributed by atoms with van der Waals surface area (Å²) >= 11 is 0.887. The summed E-state index contributed by atoms with van der Waals surface area (Å²) in [5, 5.41) is 6.66. The van der Waals surface area contributed by atoms with Gasteiger partial charge in [-0.3, -0.25) is 19.9 Å². The second-order valence-electron chi connectivity index (χ2n) is 7.80. The normalized spacial score (nSPS) is 20.2. The SMILES string of the molecule is O=C1NC(=O)/C(=C/c2ccnc(N3CCC[C@H](NCc4ccc5ccccc5n4)C3)n2)S1. The molecular formula is C23H22N6O2S. The minimum absolute atomic E-state index is 0.302. The number of amides is 2. The molecule has 2 saturated heterocycles. The van der Waals surface area contributed by atoms with E-state index >= 15 is 0 Å². The zero-order chi connectivity index (χ0) is 21.9. The van der Waals surface area contributed by atoms with E-state index in [0.717, 1.165) is 54.3 Å². The minimum Gasteiger partial charge on any atom is -0.339 e. The van der Waals surface area contributed by atoms with Crippen LogP contribution in [0.15, 0.2) is 53.6 Å². The number of carbonyl (C=O) groups excluding carboxylic acids is 2. The van der Waals surface area contributed by atoms with Gasteiger partial charge in [0.25, 0.3) is 11.1 Å². The van der Waals surface area contributed by atoms with E-state index in [-0.39, 0.29) is 11.1 Å². The van der Waals surface area contributed by atoms with Crippen LogP contribution < -0.4 is 15.5 Å². The Morgan fingerprint density at radius 1 is 1.16 bits per heavy atom. The molecule has 5 rings (SSSR count). The van der Waals surface area contributed by atoms with E-state index in [1.165, 1.54) is 0 Å². The fourth-order valence-electron chi connectivity index (χ4n) is 3.93. The van der Waals surface area contributed by atoms with Crippen LogP contribution >= 0.6 is 11.8 Å². The molecular weight excluding hydrogens is 424 g/mol. The maximum absolute atomic E-state index is 11.8. The monoisotopic (exact) mass is 446 g/mol. The summed E-state index contributed by atoms with van der Waals surface area (Å²) in [6.07, 6.45) is 5.42. The third-order valence-electron chi connectivity index (χ3n) is 5.52. The van der Waals surface area contributed by atoms with Crippen LogP contribution in [-0.2, 0) is 11.3 Å². The smallest absolute Gasteiger partial charge is 0.290 e. The molecule has 1 aromatic carbocycles. The standard InChI is InChI=1S/C23H22N6O2S/c30-21-20(32-23(31)28-21)12-16-9-10-24-22(27-16)29-11-3-5-18(14-29)25-13-17-8-7-15-4-1-2-6-19(15)26-17/h1-2,4,6-10,12,18,25H,3,5,11,13-14H2,(H,28,30,31)/b20-12-/t18-/m0/s1. The Bertz CT molecular complexity index is 1210. The third-order valence-corrected chi connectivity index (χ3v) is 6.33. The predicted molar refractivity (Wildman–Crippen MR) is 125 cm³/mol. The van der Waals surface area contributed by atoms with Crippen LogP contribution in [0.2, 0.25) is 0 Å². The highest BCUT2D eigenvalue weighted by Crippen LogP contribution is 2.25. The molecule has 2 amide bonds. The number of aromatic nitrogens is 3. The molecule has 162 valence electrons. The van der Waals surface area contributed by atoms with Gasteiger partial charge in [-0.15, -0.1) is 0 Å². The second-order valence-corrected chi connectivity index (χ2v) is 8.81. The van der Waals surface area contributed by atoms with Crippen molar-refractivity contribution in [2.75, 3.05) is 18.0 Å². The van der Waals surface area contributed by atoms with Gasteiger partial charge in [0.15, 0.2) is 0 Å². The van der Waals surface area contributed by atoms with Crippen molar-refractivity contribution in [1.29, 1.82) is 0 Å². The number of rotatable bonds is 5. The second kappa shape index (κ2) is 9.05.